The number of aryl methyl sites for hydroxylation is 1. The number of carbonyl (C=O) groups is 1. The molecule has 0 atom stereocenters. The second-order valence-electron chi connectivity index (χ2n) is 3.56. The molecular formula is C11H12O3S. The van der Waals surface area contributed by atoms with Crippen molar-refractivity contribution in [3.05, 3.63) is 29.3 Å². The highest BCUT2D eigenvalue weighted by Crippen LogP contribution is 2.30. The smallest absolute Gasteiger partial charge is 0.335 e. The van der Waals surface area contributed by atoms with E-state index in [1.807, 2.05) is 13.0 Å². The summed E-state index contributed by atoms with van der Waals surface area (Å²) in [4.78, 5) is 11.9. The van der Waals surface area contributed by atoms with E-state index in [4.69, 9.17) is 9.84 Å². The van der Waals surface area contributed by atoms with Crippen LogP contribution in [0.2, 0.25) is 0 Å². The molecular weight excluding hydrogens is 212 g/mol. The molecule has 1 aromatic carbocycles. The van der Waals surface area contributed by atoms with Crippen LogP contribution in [0.15, 0.2) is 23.1 Å². The Kier molecular flexibility index (Phi) is 2.98. The molecule has 1 aromatic rings. The Labute approximate surface area is 92.4 Å². The van der Waals surface area contributed by atoms with Crippen molar-refractivity contribution in [2.75, 3.05) is 13.2 Å². The fraction of sp³-hybridized carbons (Fsp3) is 0.364. The number of hydrogen-bond acceptors (Lipinski definition) is 3. The number of ether oxygens (including phenoxy) is 1. The van der Waals surface area contributed by atoms with Gasteiger partial charge in [-0.3, -0.25) is 0 Å². The standard InChI is InChI=1S/C11H12O3S/c1-7-4-8(11(12)13)2-3-10(7)15-9-5-14-6-9/h2-4,9H,5-6H2,1H3,(H,12,13). The molecule has 0 unspecified atom stereocenters. The molecule has 0 bridgehead atoms. The van der Waals surface area contributed by atoms with Gasteiger partial charge in [-0.05, 0) is 30.7 Å². The topological polar surface area (TPSA) is 46.5 Å². The van der Waals surface area contributed by atoms with Crippen molar-refractivity contribution in [3.8, 4) is 0 Å². The third-order valence-corrected chi connectivity index (χ3v) is 3.64. The quantitative estimate of drug-likeness (QED) is 0.854. The van der Waals surface area contributed by atoms with Crippen LogP contribution >= 0.6 is 11.8 Å². The first-order valence-corrected chi connectivity index (χ1v) is 5.63. The molecule has 1 heterocycles. The molecule has 0 saturated carbocycles. The van der Waals surface area contributed by atoms with E-state index in [1.165, 1.54) is 0 Å². The largest absolute Gasteiger partial charge is 0.478 e. The van der Waals surface area contributed by atoms with Crippen LogP contribution in [0.1, 0.15) is 15.9 Å². The zero-order valence-corrected chi connectivity index (χ0v) is 9.21. The van der Waals surface area contributed by atoms with Crippen LogP contribution in [-0.2, 0) is 4.74 Å². The molecule has 1 saturated heterocycles. The Bertz CT molecular complexity index is 385. The van der Waals surface area contributed by atoms with Crippen molar-refractivity contribution in [2.45, 2.75) is 17.1 Å². The summed E-state index contributed by atoms with van der Waals surface area (Å²) >= 11 is 1.76. The summed E-state index contributed by atoms with van der Waals surface area (Å²) in [6.07, 6.45) is 0. The van der Waals surface area contributed by atoms with E-state index >= 15 is 0 Å². The predicted octanol–water partition coefficient (Wildman–Crippen LogP) is 2.18. The zero-order valence-electron chi connectivity index (χ0n) is 8.40. The number of benzene rings is 1. The van der Waals surface area contributed by atoms with Gasteiger partial charge >= 0.3 is 5.97 Å². The maximum absolute atomic E-state index is 10.7. The molecule has 0 spiro atoms. The third-order valence-electron chi connectivity index (χ3n) is 2.32. The monoisotopic (exact) mass is 224 g/mol. The van der Waals surface area contributed by atoms with Gasteiger partial charge in [-0.1, -0.05) is 0 Å². The molecule has 1 N–H and O–H groups in total. The number of hydrogen-bond donors (Lipinski definition) is 1. The average Bonchev–Trinajstić information content (AvgIpc) is 2.12. The number of carboxylic acids is 1. The van der Waals surface area contributed by atoms with E-state index in [-0.39, 0.29) is 0 Å². The molecule has 3 nitrogen and oxygen atoms in total. The number of carboxylic acid groups (broad SMARTS) is 1. The molecule has 0 amide bonds. The summed E-state index contributed by atoms with van der Waals surface area (Å²) in [6, 6.07) is 5.24. The Morgan fingerprint density at radius 2 is 2.27 bits per heavy atom. The van der Waals surface area contributed by atoms with Gasteiger partial charge in [-0.25, -0.2) is 4.79 Å². The maximum atomic E-state index is 10.7. The molecule has 15 heavy (non-hydrogen) atoms. The summed E-state index contributed by atoms with van der Waals surface area (Å²) in [5, 5.41) is 9.34. The molecule has 4 heteroatoms. The lowest BCUT2D eigenvalue weighted by molar-refractivity contribution is 0.0455. The van der Waals surface area contributed by atoms with E-state index in [0.717, 1.165) is 23.7 Å². The van der Waals surface area contributed by atoms with Crippen LogP contribution in [-0.4, -0.2) is 29.5 Å². The maximum Gasteiger partial charge on any atom is 0.335 e. The Hall–Kier alpha value is -1.000. The molecule has 0 radical (unpaired) electrons. The van der Waals surface area contributed by atoms with Crippen molar-refractivity contribution in [2.24, 2.45) is 0 Å². The molecule has 80 valence electrons. The first kappa shape index (κ1) is 10.5. The van der Waals surface area contributed by atoms with Crippen LogP contribution in [0.5, 0.6) is 0 Å². The first-order chi connectivity index (χ1) is 7.16. The normalized spacial score (nSPS) is 16.1. The lowest BCUT2D eigenvalue weighted by Crippen LogP contribution is -2.30. The zero-order chi connectivity index (χ0) is 10.8. The van der Waals surface area contributed by atoms with Crippen LogP contribution in [0.25, 0.3) is 0 Å². The molecule has 0 aromatic heterocycles. The molecule has 1 fully saturated rings. The summed E-state index contributed by atoms with van der Waals surface area (Å²) < 4.78 is 5.09. The van der Waals surface area contributed by atoms with Crippen LogP contribution < -0.4 is 0 Å². The van der Waals surface area contributed by atoms with Gasteiger partial charge in [0, 0.05) is 4.90 Å². The van der Waals surface area contributed by atoms with Crippen LogP contribution in [0, 0.1) is 6.92 Å². The van der Waals surface area contributed by atoms with Crippen molar-refractivity contribution in [1.29, 1.82) is 0 Å². The van der Waals surface area contributed by atoms with Gasteiger partial charge in [0.2, 0.25) is 0 Å². The van der Waals surface area contributed by atoms with Crippen molar-refractivity contribution < 1.29 is 14.6 Å². The van der Waals surface area contributed by atoms with Crippen molar-refractivity contribution in [1.82, 2.24) is 0 Å². The van der Waals surface area contributed by atoms with E-state index in [2.05, 4.69) is 0 Å². The van der Waals surface area contributed by atoms with Gasteiger partial charge in [-0.2, -0.15) is 0 Å². The number of rotatable bonds is 3. The SMILES string of the molecule is Cc1cc(C(=O)O)ccc1SC1COC1. The molecule has 1 aliphatic heterocycles. The lowest BCUT2D eigenvalue weighted by Gasteiger charge is -2.25. The highest BCUT2D eigenvalue weighted by atomic mass is 32.2. The van der Waals surface area contributed by atoms with Gasteiger partial charge in [0.15, 0.2) is 0 Å². The third kappa shape index (κ3) is 2.33. The minimum Gasteiger partial charge on any atom is -0.478 e. The summed E-state index contributed by atoms with van der Waals surface area (Å²) in [5.41, 5.74) is 1.37. The van der Waals surface area contributed by atoms with E-state index in [0.29, 0.717) is 10.8 Å². The van der Waals surface area contributed by atoms with Gasteiger partial charge < -0.3 is 9.84 Å². The van der Waals surface area contributed by atoms with E-state index in [9.17, 15) is 4.79 Å². The Morgan fingerprint density at radius 1 is 1.53 bits per heavy atom. The summed E-state index contributed by atoms with van der Waals surface area (Å²) in [5.74, 6) is -0.873. The highest BCUT2D eigenvalue weighted by Gasteiger charge is 2.20. The average molecular weight is 224 g/mol. The second kappa shape index (κ2) is 4.24. The van der Waals surface area contributed by atoms with Crippen LogP contribution in [0.3, 0.4) is 0 Å². The Balaban J connectivity index is 2.14. The van der Waals surface area contributed by atoms with Gasteiger partial charge in [-0.15, -0.1) is 11.8 Å². The van der Waals surface area contributed by atoms with Crippen molar-refractivity contribution >= 4 is 17.7 Å². The first-order valence-electron chi connectivity index (χ1n) is 4.75. The fourth-order valence-corrected chi connectivity index (χ4v) is 2.46. The minimum atomic E-state index is -0.873. The van der Waals surface area contributed by atoms with Gasteiger partial charge in [0.1, 0.15) is 0 Å². The van der Waals surface area contributed by atoms with Crippen molar-refractivity contribution in [3.63, 3.8) is 0 Å². The minimum absolute atomic E-state index is 0.349. The molecule has 1 aliphatic rings. The highest BCUT2D eigenvalue weighted by molar-refractivity contribution is 8.00. The van der Waals surface area contributed by atoms with Gasteiger partial charge in [0.25, 0.3) is 0 Å². The second-order valence-corrected chi connectivity index (χ2v) is 4.90. The Morgan fingerprint density at radius 3 is 2.73 bits per heavy atom. The van der Waals surface area contributed by atoms with E-state index in [1.54, 1.807) is 23.9 Å². The lowest BCUT2D eigenvalue weighted by atomic mass is 10.1. The predicted molar refractivity (Wildman–Crippen MR) is 58.6 cm³/mol. The number of thioether (sulfide) groups is 1. The number of aromatic carboxylic acids is 1. The summed E-state index contributed by atoms with van der Waals surface area (Å²) in [6.45, 7) is 3.53. The molecule has 0 aliphatic carbocycles. The fourth-order valence-electron chi connectivity index (χ4n) is 1.38. The summed E-state index contributed by atoms with van der Waals surface area (Å²) in [7, 11) is 0. The van der Waals surface area contributed by atoms with E-state index < -0.39 is 5.97 Å². The van der Waals surface area contributed by atoms with Gasteiger partial charge in [0.05, 0.1) is 24.0 Å². The molecule has 2 rings (SSSR count). The van der Waals surface area contributed by atoms with Crippen LogP contribution in [0.4, 0.5) is 0 Å².